The zero-order chi connectivity index (χ0) is 12.0. The Hall–Kier alpha value is -1.06. The third-order valence-electron chi connectivity index (χ3n) is 4.74. The average Bonchev–Trinajstić information content (AvgIpc) is 2.75. The Balaban J connectivity index is 1.47. The highest BCUT2D eigenvalue weighted by Crippen LogP contribution is 2.54. The van der Waals surface area contributed by atoms with Gasteiger partial charge in [-0.15, -0.1) is 0 Å². The number of hydrogen-bond donors (Lipinski definition) is 2. The summed E-state index contributed by atoms with van der Waals surface area (Å²) in [6.45, 7) is 0. The lowest BCUT2D eigenvalue weighted by atomic mass is 10.0. The average molecular weight is 237 g/mol. The first-order valence-electron chi connectivity index (χ1n) is 6.66. The number of rotatable bonds is 3. The summed E-state index contributed by atoms with van der Waals surface area (Å²) >= 11 is 0. The largest absolute Gasteiger partial charge is 0.481 e. The second-order valence-electron chi connectivity index (χ2n) is 5.98. The van der Waals surface area contributed by atoms with E-state index in [9.17, 15) is 9.59 Å². The summed E-state index contributed by atoms with van der Waals surface area (Å²) < 4.78 is 0. The maximum absolute atomic E-state index is 12.0. The third-order valence-corrected chi connectivity index (χ3v) is 4.74. The minimum Gasteiger partial charge on any atom is -0.481 e. The number of hydrogen-bond acceptors (Lipinski definition) is 2. The van der Waals surface area contributed by atoms with Gasteiger partial charge in [-0.05, 0) is 50.4 Å². The van der Waals surface area contributed by atoms with Crippen LogP contribution in [0.25, 0.3) is 0 Å². The number of carboxylic acid groups (broad SMARTS) is 1. The van der Waals surface area contributed by atoms with Crippen molar-refractivity contribution in [2.75, 3.05) is 0 Å². The van der Waals surface area contributed by atoms with E-state index < -0.39 is 5.97 Å². The van der Waals surface area contributed by atoms with Gasteiger partial charge >= 0.3 is 5.97 Å². The number of carboxylic acids is 1. The Morgan fingerprint density at radius 1 is 0.941 bits per heavy atom. The molecule has 1 amide bonds. The standard InChI is InChI=1S/C13H19NO3/c15-12(10-4-8-3-9(8)5-10)14-11-2-1-7(6-11)13(16)17/h7-11H,1-6H2,(H,14,15)(H,16,17). The van der Waals surface area contributed by atoms with E-state index in [1.165, 1.54) is 6.42 Å². The molecule has 3 aliphatic carbocycles. The molecule has 3 saturated carbocycles. The molecule has 0 aromatic heterocycles. The van der Waals surface area contributed by atoms with Gasteiger partial charge in [0.2, 0.25) is 5.91 Å². The van der Waals surface area contributed by atoms with Crippen molar-refractivity contribution < 1.29 is 14.7 Å². The predicted molar refractivity (Wildman–Crippen MR) is 61.2 cm³/mol. The lowest BCUT2D eigenvalue weighted by Gasteiger charge is -2.17. The minimum atomic E-state index is -0.719. The minimum absolute atomic E-state index is 0.0977. The molecule has 4 atom stereocenters. The van der Waals surface area contributed by atoms with Gasteiger partial charge in [0.05, 0.1) is 5.92 Å². The molecular weight excluding hydrogens is 218 g/mol. The van der Waals surface area contributed by atoms with E-state index in [0.717, 1.165) is 31.1 Å². The van der Waals surface area contributed by atoms with E-state index in [2.05, 4.69) is 5.32 Å². The maximum atomic E-state index is 12.0. The van der Waals surface area contributed by atoms with Crippen LogP contribution in [-0.4, -0.2) is 23.0 Å². The van der Waals surface area contributed by atoms with Crippen molar-refractivity contribution in [3.05, 3.63) is 0 Å². The predicted octanol–water partition coefficient (Wildman–Crippen LogP) is 1.40. The summed E-state index contributed by atoms with van der Waals surface area (Å²) in [6, 6.07) is 0.0977. The normalized spacial score (nSPS) is 43.2. The van der Waals surface area contributed by atoms with Gasteiger partial charge in [-0.25, -0.2) is 0 Å². The monoisotopic (exact) mass is 237 g/mol. The van der Waals surface area contributed by atoms with Crippen molar-refractivity contribution in [1.29, 1.82) is 0 Å². The van der Waals surface area contributed by atoms with Gasteiger partial charge in [-0.2, -0.15) is 0 Å². The maximum Gasteiger partial charge on any atom is 0.306 e. The van der Waals surface area contributed by atoms with Crippen molar-refractivity contribution in [2.24, 2.45) is 23.7 Å². The molecular formula is C13H19NO3. The van der Waals surface area contributed by atoms with E-state index >= 15 is 0 Å². The highest BCUT2D eigenvalue weighted by atomic mass is 16.4. The van der Waals surface area contributed by atoms with Crippen LogP contribution >= 0.6 is 0 Å². The second-order valence-corrected chi connectivity index (χ2v) is 5.98. The second kappa shape index (κ2) is 4.00. The van der Waals surface area contributed by atoms with E-state index in [4.69, 9.17) is 5.11 Å². The highest BCUT2D eigenvalue weighted by Gasteiger charge is 2.48. The third kappa shape index (κ3) is 2.17. The summed E-state index contributed by atoms with van der Waals surface area (Å²) in [5, 5.41) is 11.9. The summed E-state index contributed by atoms with van der Waals surface area (Å²) in [5.74, 6) is 1.05. The summed E-state index contributed by atoms with van der Waals surface area (Å²) in [6.07, 6.45) is 5.59. The van der Waals surface area contributed by atoms with Crippen molar-refractivity contribution in [1.82, 2.24) is 5.32 Å². The van der Waals surface area contributed by atoms with Crippen LogP contribution in [0.2, 0.25) is 0 Å². The fourth-order valence-electron chi connectivity index (χ4n) is 3.58. The van der Waals surface area contributed by atoms with Gasteiger partial charge in [0, 0.05) is 12.0 Å². The van der Waals surface area contributed by atoms with Gasteiger partial charge in [-0.3, -0.25) is 9.59 Å². The molecule has 17 heavy (non-hydrogen) atoms. The Labute approximate surface area is 101 Å². The fourth-order valence-corrected chi connectivity index (χ4v) is 3.58. The molecule has 4 nitrogen and oxygen atoms in total. The molecule has 0 aromatic rings. The quantitative estimate of drug-likeness (QED) is 0.779. The van der Waals surface area contributed by atoms with E-state index in [1.54, 1.807) is 0 Å². The molecule has 4 heteroatoms. The van der Waals surface area contributed by atoms with Gasteiger partial charge < -0.3 is 10.4 Å². The highest BCUT2D eigenvalue weighted by molar-refractivity contribution is 5.79. The summed E-state index contributed by atoms with van der Waals surface area (Å²) in [5.41, 5.74) is 0. The lowest BCUT2D eigenvalue weighted by Crippen LogP contribution is -2.37. The molecule has 0 aliphatic heterocycles. The van der Waals surface area contributed by atoms with Crippen LogP contribution in [0.15, 0.2) is 0 Å². The van der Waals surface area contributed by atoms with Crippen LogP contribution in [0.3, 0.4) is 0 Å². The molecule has 0 spiro atoms. The Kier molecular flexibility index (Phi) is 2.60. The smallest absolute Gasteiger partial charge is 0.306 e. The molecule has 3 rings (SSSR count). The van der Waals surface area contributed by atoms with Crippen LogP contribution in [0.5, 0.6) is 0 Å². The van der Waals surface area contributed by atoms with Crippen LogP contribution in [0, 0.1) is 23.7 Å². The van der Waals surface area contributed by atoms with E-state index in [-0.39, 0.29) is 23.8 Å². The Morgan fingerprint density at radius 2 is 1.65 bits per heavy atom. The number of nitrogens with one attached hydrogen (secondary N) is 1. The number of carbonyl (C=O) groups excluding carboxylic acids is 1. The van der Waals surface area contributed by atoms with E-state index in [1.807, 2.05) is 0 Å². The molecule has 0 bridgehead atoms. The van der Waals surface area contributed by atoms with Gasteiger partial charge in [0.25, 0.3) is 0 Å². The van der Waals surface area contributed by atoms with Gasteiger partial charge in [0.15, 0.2) is 0 Å². The van der Waals surface area contributed by atoms with Crippen LogP contribution in [-0.2, 0) is 9.59 Å². The van der Waals surface area contributed by atoms with Crippen molar-refractivity contribution >= 4 is 11.9 Å². The van der Waals surface area contributed by atoms with Crippen molar-refractivity contribution in [2.45, 2.75) is 44.6 Å². The first-order valence-corrected chi connectivity index (χ1v) is 6.66. The summed E-state index contributed by atoms with van der Waals surface area (Å²) in [7, 11) is 0. The fraction of sp³-hybridized carbons (Fsp3) is 0.846. The van der Waals surface area contributed by atoms with Crippen molar-refractivity contribution in [3.8, 4) is 0 Å². The van der Waals surface area contributed by atoms with Crippen LogP contribution < -0.4 is 5.32 Å². The molecule has 0 saturated heterocycles. The summed E-state index contributed by atoms with van der Waals surface area (Å²) in [4.78, 5) is 22.8. The first-order chi connectivity index (χ1) is 8.13. The molecule has 0 aromatic carbocycles. The molecule has 3 aliphatic rings. The van der Waals surface area contributed by atoms with Crippen LogP contribution in [0.4, 0.5) is 0 Å². The van der Waals surface area contributed by atoms with E-state index in [0.29, 0.717) is 12.8 Å². The number of aliphatic carboxylic acids is 1. The van der Waals surface area contributed by atoms with Gasteiger partial charge in [-0.1, -0.05) is 0 Å². The SMILES string of the molecule is O=C(O)C1CCC(NC(=O)C2CC3CC3C2)C1. The van der Waals surface area contributed by atoms with Crippen molar-refractivity contribution in [3.63, 3.8) is 0 Å². The molecule has 0 heterocycles. The Bertz CT molecular complexity index is 345. The molecule has 94 valence electrons. The van der Waals surface area contributed by atoms with Gasteiger partial charge in [0.1, 0.15) is 0 Å². The lowest BCUT2D eigenvalue weighted by molar-refractivity contribution is -0.141. The molecule has 0 radical (unpaired) electrons. The number of carbonyl (C=O) groups is 2. The zero-order valence-corrected chi connectivity index (χ0v) is 9.89. The molecule has 2 N–H and O–H groups in total. The topological polar surface area (TPSA) is 66.4 Å². The number of fused-ring (bicyclic) bond motifs is 1. The first kappa shape index (κ1) is 11.1. The Morgan fingerprint density at radius 3 is 2.24 bits per heavy atom. The molecule has 4 unspecified atom stereocenters. The zero-order valence-electron chi connectivity index (χ0n) is 9.89. The van der Waals surface area contributed by atoms with Crippen LogP contribution in [0.1, 0.15) is 38.5 Å². The molecule has 3 fully saturated rings. The number of amides is 1.